The first kappa shape index (κ1) is 15.1. The summed E-state index contributed by atoms with van der Waals surface area (Å²) in [5.74, 6) is 0. The lowest BCUT2D eigenvalue weighted by Gasteiger charge is -2.29. The molecule has 1 atom stereocenters. The number of unbranched alkanes of at least 4 members (excludes halogenated alkanes) is 4. The quantitative estimate of drug-likeness (QED) is 0.440. The topological polar surface area (TPSA) is 18.5 Å². The van der Waals surface area contributed by atoms with Gasteiger partial charge in [-0.1, -0.05) is 46.0 Å². The van der Waals surface area contributed by atoms with Gasteiger partial charge >= 0.3 is 8.56 Å². The van der Waals surface area contributed by atoms with Gasteiger partial charge in [-0.15, -0.1) is 0 Å². The Kier molecular flexibility index (Phi) is 8.38. The third-order valence-corrected chi connectivity index (χ3v) is 7.15. The van der Waals surface area contributed by atoms with Gasteiger partial charge in [0.25, 0.3) is 0 Å². The van der Waals surface area contributed by atoms with Crippen molar-refractivity contribution in [2.75, 3.05) is 14.2 Å². The highest BCUT2D eigenvalue weighted by atomic mass is 28.4. The molecule has 0 aliphatic heterocycles. The molecule has 92 valence electrons. The van der Waals surface area contributed by atoms with E-state index in [-0.39, 0.29) is 0 Å². The summed E-state index contributed by atoms with van der Waals surface area (Å²) in [5, 5.41) is 0. The summed E-state index contributed by atoms with van der Waals surface area (Å²) in [6, 6.07) is 0. The van der Waals surface area contributed by atoms with Crippen LogP contribution in [0.4, 0.5) is 0 Å². The highest BCUT2D eigenvalue weighted by Gasteiger charge is 2.35. The van der Waals surface area contributed by atoms with E-state index in [9.17, 15) is 0 Å². The molecule has 1 unspecified atom stereocenters. The second-order valence-corrected chi connectivity index (χ2v) is 8.36. The molecule has 0 rings (SSSR count). The molecular formula is C12H28O2Si. The average Bonchev–Trinajstić information content (AvgIpc) is 2.27. The van der Waals surface area contributed by atoms with Crippen molar-refractivity contribution in [1.29, 1.82) is 0 Å². The summed E-state index contributed by atoms with van der Waals surface area (Å²) < 4.78 is 11.1. The van der Waals surface area contributed by atoms with Crippen LogP contribution < -0.4 is 0 Å². The predicted octanol–water partition coefficient (Wildman–Crippen LogP) is 4.10. The van der Waals surface area contributed by atoms with Crippen molar-refractivity contribution in [1.82, 2.24) is 0 Å². The molecule has 0 aromatic rings. The zero-order valence-corrected chi connectivity index (χ0v) is 12.1. The highest BCUT2D eigenvalue weighted by molar-refractivity contribution is 6.67. The summed E-state index contributed by atoms with van der Waals surface area (Å²) in [5.41, 5.74) is 0.592. The van der Waals surface area contributed by atoms with Crippen molar-refractivity contribution in [3.63, 3.8) is 0 Å². The molecule has 0 bridgehead atoms. The summed E-state index contributed by atoms with van der Waals surface area (Å²) in [6.45, 7) is 6.67. The second-order valence-electron chi connectivity index (χ2n) is 4.53. The smallest absolute Gasteiger partial charge is 0.337 e. The van der Waals surface area contributed by atoms with E-state index in [2.05, 4.69) is 20.4 Å². The minimum atomic E-state index is -1.87. The Morgan fingerprint density at radius 2 is 1.53 bits per heavy atom. The normalized spacial score (nSPS) is 14.2. The van der Waals surface area contributed by atoms with E-state index in [4.69, 9.17) is 8.85 Å². The molecule has 0 aromatic heterocycles. The van der Waals surface area contributed by atoms with Crippen LogP contribution in [0.3, 0.4) is 0 Å². The van der Waals surface area contributed by atoms with Crippen LogP contribution in [0.5, 0.6) is 0 Å². The lowest BCUT2D eigenvalue weighted by molar-refractivity contribution is 0.235. The third-order valence-electron chi connectivity index (χ3n) is 3.45. The Morgan fingerprint density at radius 3 is 2.00 bits per heavy atom. The fourth-order valence-electron chi connectivity index (χ4n) is 1.80. The van der Waals surface area contributed by atoms with Crippen molar-refractivity contribution < 1.29 is 8.85 Å². The van der Waals surface area contributed by atoms with E-state index in [1.165, 1.54) is 38.5 Å². The van der Waals surface area contributed by atoms with Gasteiger partial charge < -0.3 is 8.85 Å². The first-order valence-electron chi connectivity index (χ1n) is 6.21. The second kappa shape index (κ2) is 8.31. The van der Waals surface area contributed by atoms with Crippen LogP contribution in [0.25, 0.3) is 0 Å². The highest BCUT2D eigenvalue weighted by Crippen LogP contribution is 2.28. The van der Waals surface area contributed by atoms with Gasteiger partial charge in [0.1, 0.15) is 0 Å². The Labute approximate surface area is 96.6 Å². The van der Waals surface area contributed by atoms with Gasteiger partial charge in [0.05, 0.1) is 0 Å². The van der Waals surface area contributed by atoms with Crippen LogP contribution in [-0.2, 0) is 8.85 Å². The fourth-order valence-corrected chi connectivity index (χ4v) is 3.50. The molecule has 3 heteroatoms. The lowest BCUT2D eigenvalue weighted by Crippen LogP contribution is -2.40. The van der Waals surface area contributed by atoms with Gasteiger partial charge in [-0.25, -0.2) is 0 Å². The predicted molar refractivity (Wildman–Crippen MR) is 68.4 cm³/mol. The van der Waals surface area contributed by atoms with Crippen molar-refractivity contribution in [3.8, 4) is 0 Å². The molecule has 15 heavy (non-hydrogen) atoms. The average molecular weight is 232 g/mol. The van der Waals surface area contributed by atoms with Gasteiger partial charge in [0, 0.05) is 14.2 Å². The zero-order valence-electron chi connectivity index (χ0n) is 11.1. The van der Waals surface area contributed by atoms with Crippen molar-refractivity contribution in [3.05, 3.63) is 0 Å². The maximum Gasteiger partial charge on any atom is 0.337 e. The number of hydrogen-bond acceptors (Lipinski definition) is 2. The van der Waals surface area contributed by atoms with E-state index < -0.39 is 8.56 Å². The summed E-state index contributed by atoms with van der Waals surface area (Å²) in [7, 11) is 1.69. The molecule has 0 saturated carbocycles. The summed E-state index contributed by atoms with van der Waals surface area (Å²) in [4.78, 5) is 0. The minimum absolute atomic E-state index is 0.592. The number of hydrogen-bond donors (Lipinski definition) is 0. The summed E-state index contributed by atoms with van der Waals surface area (Å²) in [6.07, 6.45) is 7.98. The molecule has 0 fully saturated rings. The molecule has 0 amide bonds. The van der Waals surface area contributed by atoms with Crippen molar-refractivity contribution >= 4 is 8.56 Å². The molecule has 0 aliphatic rings. The Balaban J connectivity index is 3.67. The van der Waals surface area contributed by atoms with Crippen LogP contribution in [0.2, 0.25) is 12.1 Å². The molecular weight excluding hydrogens is 204 g/mol. The molecule has 2 nitrogen and oxygen atoms in total. The van der Waals surface area contributed by atoms with Crippen LogP contribution in [0, 0.1) is 0 Å². The summed E-state index contributed by atoms with van der Waals surface area (Å²) >= 11 is 0. The molecule has 0 aliphatic carbocycles. The monoisotopic (exact) mass is 232 g/mol. The molecule has 0 radical (unpaired) electrons. The largest absolute Gasteiger partial charge is 0.398 e. The van der Waals surface area contributed by atoms with Crippen LogP contribution in [0.1, 0.15) is 52.4 Å². The van der Waals surface area contributed by atoms with E-state index in [1.54, 1.807) is 14.2 Å². The fraction of sp³-hybridized carbons (Fsp3) is 1.00. The maximum absolute atomic E-state index is 5.54. The minimum Gasteiger partial charge on any atom is -0.398 e. The van der Waals surface area contributed by atoms with Gasteiger partial charge in [0.15, 0.2) is 0 Å². The molecule has 0 spiro atoms. The van der Waals surface area contributed by atoms with E-state index in [0.29, 0.717) is 5.54 Å². The van der Waals surface area contributed by atoms with Crippen LogP contribution in [-0.4, -0.2) is 22.8 Å². The number of rotatable bonds is 9. The molecule has 0 aromatic carbocycles. The first-order chi connectivity index (χ1) is 7.10. The molecule has 0 N–H and O–H groups in total. The van der Waals surface area contributed by atoms with Gasteiger partial charge in [-0.3, -0.25) is 0 Å². The molecule has 0 heterocycles. The zero-order chi connectivity index (χ0) is 11.7. The van der Waals surface area contributed by atoms with Gasteiger partial charge in [-0.05, 0) is 18.5 Å². The van der Waals surface area contributed by atoms with Crippen LogP contribution in [0.15, 0.2) is 0 Å². The Morgan fingerprint density at radius 1 is 1.00 bits per heavy atom. The van der Waals surface area contributed by atoms with Crippen molar-refractivity contribution in [2.24, 2.45) is 0 Å². The Bertz CT molecular complexity index is 147. The van der Waals surface area contributed by atoms with Gasteiger partial charge in [0.2, 0.25) is 0 Å². The lowest BCUT2D eigenvalue weighted by atomic mass is 10.1. The van der Waals surface area contributed by atoms with Crippen molar-refractivity contribution in [2.45, 2.75) is 64.5 Å². The maximum atomic E-state index is 5.54. The van der Waals surface area contributed by atoms with E-state index in [1.807, 2.05) is 0 Å². The van der Waals surface area contributed by atoms with Gasteiger partial charge in [-0.2, -0.15) is 0 Å². The molecule has 0 saturated heterocycles. The Hall–Kier alpha value is 0.137. The standard InChI is InChI=1S/C12H28O2Si/c1-6-7-8-9-10-11-12(2)15(5,13-3)14-4/h12H,6-11H2,1-5H3. The first-order valence-corrected chi connectivity index (χ1v) is 8.60. The third kappa shape index (κ3) is 5.69. The van der Waals surface area contributed by atoms with E-state index in [0.717, 1.165) is 0 Å². The van der Waals surface area contributed by atoms with E-state index >= 15 is 0 Å². The SMILES string of the molecule is CCCCCCCC(C)[Si](C)(OC)OC. The van der Waals surface area contributed by atoms with Crippen LogP contribution >= 0.6 is 0 Å².